The van der Waals surface area contributed by atoms with Gasteiger partial charge in [-0.1, -0.05) is 52.0 Å². The van der Waals surface area contributed by atoms with Gasteiger partial charge in [0.2, 0.25) is 0 Å². The molecule has 1 rings (SSSR count). The molecule has 3 N–H and O–H groups in total. The molecule has 0 heterocycles. The largest absolute Gasteiger partial charge is 0.323 e. The van der Waals surface area contributed by atoms with E-state index in [0.29, 0.717) is 12.0 Å². The summed E-state index contributed by atoms with van der Waals surface area (Å²) in [7, 11) is 0. The van der Waals surface area contributed by atoms with Crippen molar-refractivity contribution in [3.05, 3.63) is 35.4 Å². The summed E-state index contributed by atoms with van der Waals surface area (Å²) in [5.74, 6) is 0.633. The Morgan fingerprint density at radius 2 is 1.59 bits per heavy atom. The Balaban J connectivity index is 2.60. The van der Waals surface area contributed by atoms with Crippen LogP contribution in [0.15, 0.2) is 24.3 Å². The fraction of sp³-hybridized carbons (Fsp3) is 0.600. The molecule has 0 spiro atoms. The van der Waals surface area contributed by atoms with Crippen molar-refractivity contribution >= 4 is 0 Å². The minimum absolute atomic E-state index is 0.0865. The lowest BCUT2D eigenvalue weighted by atomic mass is 9.96. The number of nitrogens with two attached hydrogens (primary N) is 1. The Morgan fingerprint density at radius 3 is 2.06 bits per heavy atom. The third-order valence-corrected chi connectivity index (χ3v) is 3.29. The molecule has 0 radical (unpaired) electrons. The van der Waals surface area contributed by atoms with E-state index in [1.807, 2.05) is 0 Å². The zero-order chi connectivity index (χ0) is 12.8. The highest BCUT2D eigenvalue weighted by Gasteiger charge is 2.08. The summed E-state index contributed by atoms with van der Waals surface area (Å²) < 4.78 is 0. The molecule has 0 bridgehead atoms. The molecule has 0 amide bonds. The maximum absolute atomic E-state index is 6.14. The second kappa shape index (κ2) is 6.77. The molecule has 2 nitrogen and oxygen atoms in total. The smallest absolute Gasteiger partial charge is 0.0421 e. The van der Waals surface area contributed by atoms with Crippen LogP contribution in [0.1, 0.15) is 57.2 Å². The molecule has 0 aromatic heterocycles. The second-order valence-electron chi connectivity index (χ2n) is 5.15. The summed E-state index contributed by atoms with van der Waals surface area (Å²) in [5.41, 5.74) is 8.76. The normalized spacial score (nSPS) is 14.9. The van der Waals surface area contributed by atoms with Crippen molar-refractivity contribution in [2.24, 2.45) is 5.73 Å². The fourth-order valence-electron chi connectivity index (χ4n) is 1.79. The quantitative estimate of drug-likeness (QED) is 0.793. The van der Waals surface area contributed by atoms with Gasteiger partial charge in [0.25, 0.3) is 0 Å². The van der Waals surface area contributed by atoms with Crippen LogP contribution < -0.4 is 11.1 Å². The first kappa shape index (κ1) is 14.2. The van der Waals surface area contributed by atoms with Gasteiger partial charge < -0.3 is 11.1 Å². The van der Waals surface area contributed by atoms with Gasteiger partial charge in [-0.15, -0.1) is 0 Å². The molecule has 0 aliphatic rings. The monoisotopic (exact) mass is 234 g/mol. The van der Waals surface area contributed by atoms with Crippen molar-refractivity contribution in [1.29, 1.82) is 0 Å². The predicted molar refractivity (Wildman–Crippen MR) is 75.2 cm³/mol. The molecule has 1 aromatic carbocycles. The summed E-state index contributed by atoms with van der Waals surface area (Å²) in [6.45, 7) is 9.59. The number of benzene rings is 1. The molecule has 1 aromatic rings. The zero-order valence-electron chi connectivity index (χ0n) is 11.5. The van der Waals surface area contributed by atoms with Crippen LogP contribution in [0.25, 0.3) is 0 Å². The highest BCUT2D eigenvalue weighted by Crippen LogP contribution is 2.20. The number of nitrogens with one attached hydrogen (secondary N) is 1. The lowest BCUT2D eigenvalue weighted by Crippen LogP contribution is -2.31. The van der Waals surface area contributed by atoms with Gasteiger partial charge in [-0.25, -0.2) is 0 Å². The van der Waals surface area contributed by atoms with Crippen molar-refractivity contribution in [3.8, 4) is 0 Å². The molecule has 2 atom stereocenters. The fourth-order valence-corrected chi connectivity index (χ4v) is 1.79. The standard InChI is InChI=1S/C15H26N2/c1-5-12(4)13-6-8-14(9-7-13)15(16)10-17-11(2)3/h6-9,11-12,15,17H,5,10,16H2,1-4H3. The third-order valence-electron chi connectivity index (χ3n) is 3.29. The summed E-state index contributed by atoms with van der Waals surface area (Å²) in [5, 5.41) is 3.37. The van der Waals surface area contributed by atoms with Crippen molar-refractivity contribution in [1.82, 2.24) is 5.32 Å². The van der Waals surface area contributed by atoms with E-state index in [0.717, 1.165) is 6.54 Å². The van der Waals surface area contributed by atoms with Crippen LogP contribution in [0.5, 0.6) is 0 Å². The molecule has 0 saturated carbocycles. The molecule has 0 saturated heterocycles. The minimum Gasteiger partial charge on any atom is -0.323 e. The van der Waals surface area contributed by atoms with Gasteiger partial charge in [0.1, 0.15) is 0 Å². The van der Waals surface area contributed by atoms with E-state index in [9.17, 15) is 0 Å². The van der Waals surface area contributed by atoms with Gasteiger partial charge in [0, 0.05) is 18.6 Å². The molecular formula is C15H26N2. The van der Waals surface area contributed by atoms with Crippen LogP contribution in [-0.4, -0.2) is 12.6 Å². The average Bonchev–Trinajstić information content (AvgIpc) is 2.35. The Morgan fingerprint density at radius 1 is 1.06 bits per heavy atom. The molecule has 0 fully saturated rings. The molecule has 17 heavy (non-hydrogen) atoms. The van der Waals surface area contributed by atoms with Crippen molar-refractivity contribution in [2.45, 2.75) is 52.1 Å². The Hall–Kier alpha value is -0.860. The molecular weight excluding hydrogens is 208 g/mol. The number of rotatable bonds is 6. The first-order chi connectivity index (χ1) is 8.04. The average molecular weight is 234 g/mol. The Labute approximate surface area is 106 Å². The maximum atomic E-state index is 6.14. The van der Waals surface area contributed by atoms with Gasteiger partial charge in [0.05, 0.1) is 0 Å². The lowest BCUT2D eigenvalue weighted by molar-refractivity contribution is 0.537. The highest BCUT2D eigenvalue weighted by molar-refractivity contribution is 5.27. The van der Waals surface area contributed by atoms with Gasteiger partial charge in [-0.3, -0.25) is 0 Å². The second-order valence-corrected chi connectivity index (χ2v) is 5.15. The minimum atomic E-state index is 0.0865. The van der Waals surface area contributed by atoms with E-state index in [1.54, 1.807) is 0 Å². The van der Waals surface area contributed by atoms with Crippen molar-refractivity contribution < 1.29 is 0 Å². The summed E-state index contributed by atoms with van der Waals surface area (Å²) in [4.78, 5) is 0. The van der Waals surface area contributed by atoms with Crippen molar-refractivity contribution in [2.75, 3.05) is 6.54 Å². The first-order valence-corrected chi connectivity index (χ1v) is 6.63. The van der Waals surface area contributed by atoms with Crippen LogP contribution in [-0.2, 0) is 0 Å². The third kappa shape index (κ3) is 4.49. The Kier molecular flexibility index (Phi) is 5.66. The zero-order valence-corrected chi connectivity index (χ0v) is 11.5. The summed E-state index contributed by atoms with van der Waals surface area (Å²) in [6.07, 6.45) is 1.18. The molecule has 0 aliphatic carbocycles. The lowest BCUT2D eigenvalue weighted by Gasteiger charge is -2.16. The van der Waals surface area contributed by atoms with Crippen LogP contribution in [0.2, 0.25) is 0 Å². The van der Waals surface area contributed by atoms with E-state index in [4.69, 9.17) is 5.73 Å². The molecule has 2 unspecified atom stereocenters. The molecule has 96 valence electrons. The van der Waals surface area contributed by atoms with E-state index in [1.165, 1.54) is 17.5 Å². The first-order valence-electron chi connectivity index (χ1n) is 6.63. The number of hydrogen-bond donors (Lipinski definition) is 2. The van der Waals surface area contributed by atoms with Crippen LogP contribution in [0, 0.1) is 0 Å². The van der Waals surface area contributed by atoms with Crippen LogP contribution in [0.4, 0.5) is 0 Å². The van der Waals surface area contributed by atoms with E-state index in [2.05, 4.69) is 57.3 Å². The maximum Gasteiger partial charge on any atom is 0.0421 e. The molecule has 2 heteroatoms. The van der Waals surface area contributed by atoms with Gasteiger partial charge in [-0.05, 0) is 23.5 Å². The van der Waals surface area contributed by atoms with E-state index >= 15 is 0 Å². The van der Waals surface area contributed by atoms with Crippen molar-refractivity contribution in [3.63, 3.8) is 0 Å². The molecule has 0 aliphatic heterocycles. The van der Waals surface area contributed by atoms with Crippen LogP contribution >= 0.6 is 0 Å². The van der Waals surface area contributed by atoms with Gasteiger partial charge >= 0.3 is 0 Å². The topological polar surface area (TPSA) is 38.0 Å². The SMILES string of the molecule is CCC(C)c1ccc(C(N)CNC(C)C)cc1. The van der Waals surface area contributed by atoms with Crippen LogP contribution in [0.3, 0.4) is 0 Å². The predicted octanol–water partition coefficient (Wildman–Crippen LogP) is 3.20. The Bertz CT molecular complexity index is 316. The van der Waals surface area contributed by atoms with E-state index < -0.39 is 0 Å². The van der Waals surface area contributed by atoms with E-state index in [-0.39, 0.29) is 6.04 Å². The highest BCUT2D eigenvalue weighted by atomic mass is 14.9. The van der Waals surface area contributed by atoms with Gasteiger partial charge in [0.15, 0.2) is 0 Å². The van der Waals surface area contributed by atoms with Gasteiger partial charge in [-0.2, -0.15) is 0 Å². The summed E-state index contributed by atoms with van der Waals surface area (Å²) in [6, 6.07) is 9.31. The number of hydrogen-bond acceptors (Lipinski definition) is 2. The summed E-state index contributed by atoms with van der Waals surface area (Å²) >= 11 is 0.